The molecule has 0 aliphatic heterocycles. The molecule has 0 fully saturated rings. The molecule has 0 amide bonds. The Morgan fingerprint density at radius 1 is 1.20 bits per heavy atom. The summed E-state index contributed by atoms with van der Waals surface area (Å²) in [4.78, 5) is 0. The SMILES string of the molecule is CCC(c1ccc(F)cc1)c1ccco1. The summed E-state index contributed by atoms with van der Waals surface area (Å²) in [6.07, 6.45) is 2.61. The van der Waals surface area contributed by atoms with E-state index in [1.165, 1.54) is 12.1 Å². The summed E-state index contributed by atoms with van der Waals surface area (Å²) in [5, 5.41) is 0. The summed E-state index contributed by atoms with van der Waals surface area (Å²) in [5.74, 6) is 0.956. The smallest absolute Gasteiger partial charge is 0.123 e. The molecule has 2 aromatic rings. The molecule has 1 heterocycles. The fourth-order valence-corrected chi connectivity index (χ4v) is 1.79. The number of hydrogen-bond acceptors (Lipinski definition) is 1. The summed E-state index contributed by atoms with van der Waals surface area (Å²) in [5.41, 5.74) is 1.09. The number of benzene rings is 1. The first-order valence-corrected chi connectivity index (χ1v) is 5.10. The van der Waals surface area contributed by atoms with Crippen LogP contribution in [0.15, 0.2) is 47.1 Å². The molecule has 1 aromatic heterocycles. The fourth-order valence-electron chi connectivity index (χ4n) is 1.79. The van der Waals surface area contributed by atoms with Gasteiger partial charge in [0.1, 0.15) is 11.6 Å². The van der Waals surface area contributed by atoms with Crippen LogP contribution in [0.25, 0.3) is 0 Å². The average Bonchev–Trinajstić information content (AvgIpc) is 2.75. The molecule has 0 spiro atoms. The van der Waals surface area contributed by atoms with Gasteiger partial charge in [-0.05, 0) is 36.2 Å². The fraction of sp³-hybridized carbons (Fsp3) is 0.231. The van der Waals surface area contributed by atoms with Gasteiger partial charge < -0.3 is 4.42 Å². The Morgan fingerprint density at radius 2 is 1.93 bits per heavy atom. The zero-order valence-corrected chi connectivity index (χ0v) is 8.61. The molecule has 0 bridgehead atoms. The maximum atomic E-state index is 12.8. The van der Waals surface area contributed by atoms with Gasteiger partial charge in [0.05, 0.1) is 6.26 Å². The molecule has 15 heavy (non-hydrogen) atoms. The third-order valence-corrected chi connectivity index (χ3v) is 2.57. The zero-order chi connectivity index (χ0) is 10.7. The molecule has 1 nitrogen and oxygen atoms in total. The molecule has 0 aliphatic rings. The highest BCUT2D eigenvalue weighted by Crippen LogP contribution is 2.27. The molecule has 1 atom stereocenters. The van der Waals surface area contributed by atoms with Crippen molar-refractivity contribution in [2.75, 3.05) is 0 Å². The Bertz CT molecular complexity index is 403. The summed E-state index contributed by atoms with van der Waals surface area (Å²) >= 11 is 0. The number of furan rings is 1. The van der Waals surface area contributed by atoms with Crippen LogP contribution in [0.2, 0.25) is 0 Å². The number of hydrogen-bond donors (Lipinski definition) is 0. The van der Waals surface area contributed by atoms with Crippen molar-refractivity contribution in [1.82, 2.24) is 0 Å². The van der Waals surface area contributed by atoms with Gasteiger partial charge in [-0.25, -0.2) is 4.39 Å². The molecule has 1 aromatic carbocycles. The Labute approximate surface area is 88.5 Å². The highest BCUT2D eigenvalue weighted by molar-refractivity contribution is 5.27. The van der Waals surface area contributed by atoms with Crippen molar-refractivity contribution in [3.05, 3.63) is 59.8 Å². The van der Waals surface area contributed by atoms with E-state index >= 15 is 0 Å². The van der Waals surface area contributed by atoms with E-state index in [-0.39, 0.29) is 11.7 Å². The van der Waals surface area contributed by atoms with E-state index in [1.807, 2.05) is 24.3 Å². The second-order valence-corrected chi connectivity index (χ2v) is 3.53. The number of rotatable bonds is 3. The van der Waals surface area contributed by atoms with Crippen LogP contribution >= 0.6 is 0 Å². The molecule has 0 saturated heterocycles. The quantitative estimate of drug-likeness (QED) is 0.737. The highest BCUT2D eigenvalue weighted by Gasteiger charge is 2.14. The normalized spacial score (nSPS) is 12.7. The lowest BCUT2D eigenvalue weighted by Crippen LogP contribution is -1.97. The van der Waals surface area contributed by atoms with Crippen LogP contribution in [0.3, 0.4) is 0 Å². The predicted molar refractivity (Wildman–Crippen MR) is 57.2 cm³/mol. The Kier molecular flexibility index (Phi) is 2.86. The van der Waals surface area contributed by atoms with Crippen LogP contribution in [-0.2, 0) is 0 Å². The second kappa shape index (κ2) is 4.30. The molecule has 2 rings (SSSR count). The van der Waals surface area contributed by atoms with Crippen molar-refractivity contribution in [3.8, 4) is 0 Å². The largest absolute Gasteiger partial charge is 0.469 e. The van der Waals surface area contributed by atoms with Crippen molar-refractivity contribution in [2.24, 2.45) is 0 Å². The average molecular weight is 204 g/mol. The minimum Gasteiger partial charge on any atom is -0.469 e. The minimum atomic E-state index is -0.201. The van der Waals surface area contributed by atoms with Gasteiger partial charge in [0.2, 0.25) is 0 Å². The summed E-state index contributed by atoms with van der Waals surface area (Å²) in [6.45, 7) is 2.09. The monoisotopic (exact) mass is 204 g/mol. The van der Waals surface area contributed by atoms with E-state index in [0.29, 0.717) is 0 Å². The van der Waals surface area contributed by atoms with E-state index in [2.05, 4.69) is 6.92 Å². The zero-order valence-electron chi connectivity index (χ0n) is 8.61. The lowest BCUT2D eigenvalue weighted by Gasteiger charge is -2.12. The summed E-state index contributed by atoms with van der Waals surface area (Å²) in [7, 11) is 0. The first kappa shape index (κ1) is 9.97. The third-order valence-electron chi connectivity index (χ3n) is 2.57. The molecule has 2 heteroatoms. The molecule has 0 radical (unpaired) electrons. The van der Waals surface area contributed by atoms with Crippen molar-refractivity contribution in [2.45, 2.75) is 19.3 Å². The molecule has 78 valence electrons. The van der Waals surface area contributed by atoms with Gasteiger partial charge in [-0.15, -0.1) is 0 Å². The van der Waals surface area contributed by atoms with E-state index < -0.39 is 0 Å². The van der Waals surface area contributed by atoms with E-state index in [1.54, 1.807) is 6.26 Å². The topological polar surface area (TPSA) is 13.1 Å². The van der Waals surface area contributed by atoms with Crippen LogP contribution in [0.1, 0.15) is 30.6 Å². The molecule has 0 aliphatic carbocycles. The molecule has 0 N–H and O–H groups in total. The van der Waals surface area contributed by atoms with Crippen molar-refractivity contribution in [3.63, 3.8) is 0 Å². The van der Waals surface area contributed by atoms with Gasteiger partial charge in [-0.3, -0.25) is 0 Å². The number of halogens is 1. The summed E-state index contributed by atoms with van der Waals surface area (Å²) < 4.78 is 18.2. The van der Waals surface area contributed by atoms with Crippen molar-refractivity contribution >= 4 is 0 Å². The van der Waals surface area contributed by atoms with Crippen LogP contribution in [0, 0.1) is 5.82 Å². The first-order chi connectivity index (χ1) is 7.31. The second-order valence-electron chi connectivity index (χ2n) is 3.53. The highest BCUT2D eigenvalue weighted by atomic mass is 19.1. The Morgan fingerprint density at radius 3 is 2.47 bits per heavy atom. The van der Waals surface area contributed by atoms with Crippen LogP contribution in [-0.4, -0.2) is 0 Å². The minimum absolute atomic E-state index is 0.201. The van der Waals surface area contributed by atoms with E-state index in [0.717, 1.165) is 17.7 Å². The Balaban J connectivity index is 2.31. The van der Waals surface area contributed by atoms with Gasteiger partial charge in [0.15, 0.2) is 0 Å². The molecular weight excluding hydrogens is 191 g/mol. The van der Waals surface area contributed by atoms with Gasteiger partial charge in [-0.2, -0.15) is 0 Å². The van der Waals surface area contributed by atoms with Gasteiger partial charge >= 0.3 is 0 Å². The molecule has 0 saturated carbocycles. The van der Waals surface area contributed by atoms with Gasteiger partial charge in [-0.1, -0.05) is 19.1 Å². The maximum absolute atomic E-state index is 12.8. The van der Waals surface area contributed by atoms with Crippen LogP contribution in [0.4, 0.5) is 4.39 Å². The van der Waals surface area contributed by atoms with Crippen molar-refractivity contribution in [1.29, 1.82) is 0 Å². The predicted octanol–water partition coefficient (Wildman–Crippen LogP) is 3.96. The lowest BCUT2D eigenvalue weighted by atomic mass is 9.94. The Hall–Kier alpha value is -1.57. The summed E-state index contributed by atoms with van der Waals surface area (Å²) in [6, 6.07) is 10.4. The lowest BCUT2D eigenvalue weighted by molar-refractivity contribution is 0.480. The molecular formula is C13H13FO. The van der Waals surface area contributed by atoms with E-state index in [9.17, 15) is 4.39 Å². The van der Waals surface area contributed by atoms with Gasteiger partial charge in [0.25, 0.3) is 0 Å². The molecule has 1 unspecified atom stereocenters. The standard InChI is InChI=1S/C13H13FO/c1-2-12(13-4-3-9-15-13)10-5-7-11(14)8-6-10/h3-9,12H,2H2,1H3. The van der Waals surface area contributed by atoms with Gasteiger partial charge in [0, 0.05) is 5.92 Å². The van der Waals surface area contributed by atoms with E-state index in [4.69, 9.17) is 4.42 Å². The first-order valence-electron chi connectivity index (χ1n) is 5.10. The van der Waals surface area contributed by atoms with Crippen molar-refractivity contribution < 1.29 is 8.81 Å². The van der Waals surface area contributed by atoms with Crippen LogP contribution in [0.5, 0.6) is 0 Å². The third kappa shape index (κ3) is 2.09. The maximum Gasteiger partial charge on any atom is 0.123 e. The van der Waals surface area contributed by atoms with Crippen LogP contribution < -0.4 is 0 Å².